The molecular formula is C11H13N3O2S2. The van der Waals surface area contributed by atoms with Crippen LogP contribution in [0.5, 0.6) is 0 Å². The Morgan fingerprint density at radius 3 is 2.89 bits per heavy atom. The van der Waals surface area contributed by atoms with Crippen molar-refractivity contribution in [2.75, 3.05) is 12.3 Å². The summed E-state index contributed by atoms with van der Waals surface area (Å²) in [6.45, 7) is 0.362. The summed E-state index contributed by atoms with van der Waals surface area (Å²) in [6, 6.07) is 4.74. The van der Waals surface area contributed by atoms with Crippen LogP contribution in [0.3, 0.4) is 0 Å². The lowest BCUT2D eigenvalue weighted by atomic mass is 10.2. The predicted octanol–water partition coefficient (Wildman–Crippen LogP) is 1.25. The zero-order chi connectivity index (χ0) is 13.0. The second kappa shape index (κ2) is 5.47. The standard InChI is InChI=1S/C11H13N3O2S2/c12-11-7-10(2-4-13-11)18(15,16)14-5-1-9-3-6-17-8-9/h2-4,6-8,14H,1,5H2,(H2,12,13). The molecule has 0 bridgehead atoms. The van der Waals surface area contributed by atoms with Crippen molar-refractivity contribution in [2.45, 2.75) is 11.3 Å². The van der Waals surface area contributed by atoms with Gasteiger partial charge >= 0.3 is 0 Å². The number of thiophene rings is 1. The molecule has 2 aromatic heterocycles. The number of aromatic nitrogens is 1. The lowest BCUT2D eigenvalue weighted by Gasteiger charge is -2.06. The van der Waals surface area contributed by atoms with Crippen molar-refractivity contribution in [1.29, 1.82) is 0 Å². The highest BCUT2D eigenvalue weighted by Crippen LogP contribution is 2.11. The molecule has 0 spiro atoms. The molecule has 18 heavy (non-hydrogen) atoms. The molecule has 0 aliphatic heterocycles. The van der Waals surface area contributed by atoms with Gasteiger partial charge in [-0.25, -0.2) is 18.1 Å². The molecule has 0 saturated carbocycles. The van der Waals surface area contributed by atoms with Gasteiger partial charge in [-0.1, -0.05) is 0 Å². The molecule has 5 nitrogen and oxygen atoms in total. The maximum absolute atomic E-state index is 11.9. The third-order valence-electron chi connectivity index (χ3n) is 2.35. The van der Waals surface area contributed by atoms with E-state index in [-0.39, 0.29) is 10.7 Å². The Kier molecular flexibility index (Phi) is 3.95. The van der Waals surface area contributed by atoms with Crippen LogP contribution in [0.15, 0.2) is 40.1 Å². The first-order valence-electron chi connectivity index (χ1n) is 5.30. The van der Waals surface area contributed by atoms with Gasteiger partial charge in [0.05, 0.1) is 4.90 Å². The first-order chi connectivity index (χ1) is 8.58. The summed E-state index contributed by atoms with van der Waals surface area (Å²) in [4.78, 5) is 3.90. The van der Waals surface area contributed by atoms with Crippen LogP contribution in [-0.2, 0) is 16.4 Å². The fourth-order valence-electron chi connectivity index (χ4n) is 1.44. The summed E-state index contributed by atoms with van der Waals surface area (Å²) in [5, 5.41) is 3.96. The minimum atomic E-state index is -3.50. The molecule has 0 amide bonds. The normalized spacial score (nSPS) is 11.6. The Hall–Kier alpha value is -1.44. The van der Waals surface area contributed by atoms with Crippen LogP contribution in [0.4, 0.5) is 5.82 Å². The van der Waals surface area contributed by atoms with E-state index in [9.17, 15) is 8.42 Å². The summed E-state index contributed by atoms with van der Waals surface area (Å²) in [5.74, 6) is 0.190. The topological polar surface area (TPSA) is 85.1 Å². The van der Waals surface area contributed by atoms with E-state index in [0.717, 1.165) is 5.56 Å². The zero-order valence-electron chi connectivity index (χ0n) is 9.54. The number of sulfonamides is 1. The number of nitrogens with two attached hydrogens (primary N) is 1. The third kappa shape index (κ3) is 3.28. The van der Waals surface area contributed by atoms with E-state index in [4.69, 9.17) is 5.73 Å². The van der Waals surface area contributed by atoms with Gasteiger partial charge in [-0.15, -0.1) is 0 Å². The van der Waals surface area contributed by atoms with Crippen LogP contribution in [0.25, 0.3) is 0 Å². The number of anilines is 1. The Bertz CT molecular complexity index is 609. The predicted molar refractivity (Wildman–Crippen MR) is 71.9 cm³/mol. The highest BCUT2D eigenvalue weighted by molar-refractivity contribution is 7.89. The van der Waals surface area contributed by atoms with Crippen molar-refractivity contribution in [3.63, 3.8) is 0 Å². The number of nitrogens with one attached hydrogen (secondary N) is 1. The quantitative estimate of drug-likeness (QED) is 0.864. The molecular weight excluding hydrogens is 270 g/mol. The fraction of sp³-hybridized carbons (Fsp3) is 0.182. The van der Waals surface area contributed by atoms with Crippen LogP contribution in [0.1, 0.15) is 5.56 Å². The molecule has 0 radical (unpaired) electrons. The molecule has 7 heteroatoms. The molecule has 2 rings (SSSR count). The maximum Gasteiger partial charge on any atom is 0.240 e. The van der Waals surface area contributed by atoms with Crippen molar-refractivity contribution in [3.8, 4) is 0 Å². The van der Waals surface area contributed by atoms with Crippen LogP contribution < -0.4 is 10.5 Å². The van der Waals surface area contributed by atoms with Gasteiger partial charge < -0.3 is 5.73 Å². The molecule has 0 unspecified atom stereocenters. The first kappa shape index (κ1) is 13.0. The first-order valence-corrected chi connectivity index (χ1v) is 7.73. The summed E-state index contributed by atoms with van der Waals surface area (Å²) in [5.41, 5.74) is 6.58. The van der Waals surface area contributed by atoms with Crippen LogP contribution in [-0.4, -0.2) is 19.9 Å². The van der Waals surface area contributed by atoms with Crippen LogP contribution in [0, 0.1) is 0 Å². The van der Waals surface area contributed by atoms with E-state index >= 15 is 0 Å². The van der Waals surface area contributed by atoms with Gasteiger partial charge in [0.15, 0.2) is 0 Å². The smallest absolute Gasteiger partial charge is 0.240 e. The molecule has 0 fully saturated rings. The van der Waals surface area contributed by atoms with Gasteiger partial charge in [0.2, 0.25) is 10.0 Å². The van der Waals surface area contributed by atoms with E-state index in [1.54, 1.807) is 11.3 Å². The molecule has 0 aliphatic rings. The fourth-order valence-corrected chi connectivity index (χ4v) is 3.20. The second-order valence-electron chi connectivity index (χ2n) is 3.70. The average molecular weight is 283 g/mol. The monoisotopic (exact) mass is 283 g/mol. The largest absolute Gasteiger partial charge is 0.384 e. The summed E-state index contributed by atoms with van der Waals surface area (Å²) >= 11 is 1.59. The van der Waals surface area contributed by atoms with Crippen molar-refractivity contribution < 1.29 is 8.42 Å². The van der Waals surface area contributed by atoms with Crippen LogP contribution >= 0.6 is 11.3 Å². The van der Waals surface area contributed by atoms with E-state index in [2.05, 4.69) is 9.71 Å². The van der Waals surface area contributed by atoms with Gasteiger partial charge in [-0.2, -0.15) is 11.3 Å². The van der Waals surface area contributed by atoms with Gasteiger partial charge in [-0.05, 0) is 34.9 Å². The number of pyridine rings is 1. The molecule has 3 N–H and O–H groups in total. The van der Waals surface area contributed by atoms with E-state index in [1.807, 2.05) is 16.8 Å². The van der Waals surface area contributed by atoms with Gasteiger partial charge in [-0.3, -0.25) is 0 Å². The average Bonchev–Trinajstić information content (AvgIpc) is 2.82. The molecule has 0 saturated heterocycles. The van der Waals surface area contributed by atoms with Gasteiger partial charge in [0.25, 0.3) is 0 Å². The Labute approximate surface area is 110 Å². The van der Waals surface area contributed by atoms with Crippen molar-refractivity contribution in [2.24, 2.45) is 0 Å². The van der Waals surface area contributed by atoms with E-state index in [1.165, 1.54) is 18.3 Å². The highest BCUT2D eigenvalue weighted by Gasteiger charge is 2.13. The Morgan fingerprint density at radius 2 is 2.22 bits per heavy atom. The van der Waals surface area contributed by atoms with Crippen molar-refractivity contribution in [1.82, 2.24) is 9.71 Å². The summed E-state index contributed by atoms with van der Waals surface area (Å²) in [6.07, 6.45) is 2.05. The number of hydrogen-bond acceptors (Lipinski definition) is 5. The Morgan fingerprint density at radius 1 is 1.39 bits per heavy atom. The van der Waals surface area contributed by atoms with Crippen LogP contribution in [0.2, 0.25) is 0 Å². The highest BCUT2D eigenvalue weighted by atomic mass is 32.2. The number of rotatable bonds is 5. The molecule has 0 atom stereocenters. The molecule has 96 valence electrons. The molecule has 0 aromatic carbocycles. The van der Waals surface area contributed by atoms with Gasteiger partial charge in [0.1, 0.15) is 5.82 Å². The SMILES string of the molecule is Nc1cc(S(=O)(=O)NCCc2ccsc2)ccn1. The van der Waals surface area contributed by atoms with Gasteiger partial charge in [0, 0.05) is 18.8 Å². The van der Waals surface area contributed by atoms with Crippen molar-refractivity contribution >= 4 is 27.2 Å². The zero-order valence-corrected chi connectivity index (χ0v) is 11.2. The lowest BCUT2D eigenvalue weighted by molar-refractivity contribution is 0.581. The molecule has 0 aliphatic carbocycles. The molecule has 2 aromatic rings. The number of hydrogen-bond donors (Lipinski definition) is 2. The Balaban J connectivity index is 1.99. The second-order valence-corrected chi connectivity index (χ2v) is 6.24. The maximum atomic E-state index is 11.9. The number of nitrogens with zero attached hydrogens (tertiary/aromatic N) is 1. The van der Waals surface area contributed by atoms with Crippen molar-refractivity contribution in [3.05, 3.63) is 40.7 Å². The minimum absolute atomic E-state index is 0.139. The number of nitrogen functional groups attached to an aromatic ring is 1. The minimum Gasteiger partial charge on any atom is -0.384 e. The third-order valence-corrected chi connectivity index (χ3v) is 4.54. The summed E-state index contributed by atoms with van der Waals surface area (Å²) in [7, 11) is -3.50. The lowest BCUT2D eigenvalue weighted by Crippen LogP contribution is -2.26. The molecule has 2 heterocycles. The van der Waals surface area contributed by atoms with E-state index < -0.39 is 10.0 Å². The summed E-state index contributed by atoms with van der Waals surface area (Å²) < 4.78 is 26.4. The van der Waals surface area contributed by atoms with E-state index in [0.29, 0.717) is 13.0 Å².